The van der Waals surface area contributed by atoms with E-state index in [1.54, 1.807) is 44.2 Å². The van der Waals surface area contributed by atoms with Crippen LogP contribution < -0.4 is 11.1 Å². The molecule has 0 radical (unpaired) electrons. The highest BCUT2D eigenvalue weighted by Crippen LogP contribution is 2.51. The number of unbranched alkanes of at least 4 members (excludes halogenated alkanes) is 1. The van der Waals surface area contributed by atoms with E-state index in [0.717, 1.165) is 12.0 Å². The molecule has 0 heterocycles. The fourth-order valence-electron chi connectivity index (χ4n) is 2.50. The molecule has 2 amide bonds. The third-order valence-corrected chi connectivity index (χ3v) is 5.85. The van der Waals surface area contributed by atoms with Gasteiger partial charge in [0.25, 0.3) is 5.91 Å². The number of hydrogen-bond acceptors (Lipinski definition) is 5. The molecule has 7 nitrogen and oxygen atoms in total. The van der Waals surface area contributed by atoms with Gasteiger partial charge in [-0.25, -0.2) is 0 Å². The van der Waals surface area contributed by atoms with Crippen molar-refractivity contribution in [2.24, 2.45) is 5.73 Å². The molecule has 150 valence electrons. The molecule has 0 spiro atoms. The van der Waals surface area contributed by atoms with Crippen LogP contribution in [0.4, 0.5) is 0 Å². The number of carbonyl (C=O) groups is 2. The van der Waals surface area contributed by atoms with Crippen molar-refractivity contribution < 1.29 is 23.2 Å². The van der Waals surface area contributed by atoms with Crippen molar-refractivity contribution in [1.82, 2.24) is 5.32 Å². The Hall–Kier alpha value is -1.95. The molecule has 1 aromatic rings. The first kappa shape index (κ1) is 23.1. The van der Waals surface area contributed by atoms with Gasteiger partial charge in [-0.3, -0.25) is 14.2 Å². The first-order valence-corrected chi connectivity index (χ1v) is 10.8. The van der Waals surface area contributed by atoms with E-state index < -0.39 is 19.5 Å². The lowest BCUT2D eigenvalue weighted by atomic mass is 10.1. The molecule has 0 unspecified atom stereocenters. The van der Waals surface area contributed by atoms with Crippen LogP contribution in [-0.4, -0.2) is 31.1 Å². The lowest BCUT2D eigenvalue weighted by Gasteiger charge is -2.17. The van der Waals surface area contributed by atoms with E-state index in [1.165, 1.54) is 0 Å². The Bertz CT molecular complexity index is 665. The molecule has 0 aliphatic heterocycles. The summed E-state index contributed by atoms with van der Waals surface area (Å²) in [6, 6.07) is 5.87. The second-order valence-corrected chi connectivity index (χ2v) is 8.00. The number of benzene rings is 1. The number of allylic oxidation sites excluding steroid dienone is 1. The lowest BCUT2D eigenvalue weighted by molar-refractivity contribution is -0.120. The van der Waals surface area contributed by atoms with Gasteiger partial charge in [0.2, 0.25) is 5.91 Å². The number of hydrogen-bond donors (Lipinski definition) is 2. The molecule has 27 heavy (non-hydrogen) atoms. The maximum Gasteiger partial charge on any atom is 0.335 e. The molecule has 0 bridgehead atoms. The van der Waals surface area contributed by atoms with Crippen LogP contribution in [0.15, 0.2) is 36.9 Å². The topological polar surface area (TPSA) is 108 Å². The van der Waals surface area contributed by atoms with Crippen LogP contribution in [0, 0.1) is 0 Å². The molecule has 0 fully saturated rings. The summed E-state index contributed by atoms with van der Waals surface area (Å²) in [7, 11) is -3.20. The van der Waals surface area contributed by atoms with Crippen LogP contribution in [0.5, 0.6) is 0 Å². The van der Waals surface area contributed by atoms with E-state index in [9.17, 15) is 14.2 Å². The van der Waals surface area contributed by atoms with Gasteiger partial charge in [0.1, 0.15) is 6.04 Å². The van der Waals surface area contributed by atoms with Gasteiger partial charge in [-0.15, -0.1) is 6.58 Å². The Kier molecular flexibility index (Phi) is 10.0. The number of rotatable bonds is 13. The van der Waals surface area contributed by atoms with Crippen LogP contribution in [0.1, 0.15) is 49.0 Å². The van der Waals surface area contributed by atoms with Crippen LogP contribution >= 0.6 is 7.60 Å². The first-order chi connectivity index (χ1) is 12.8. The Morgan fingerprint density at radius 1 is 1.22 bits per heavy atom. The van der Waals surface area contributed by atoms with Gasteiger partial charge in [-0.1, -0.05) is 18.2 Å². The van der Waals surface area contributed by atoms with Gasteiger partial charge in [0.15, 0.2) is 0 Å². The predicted molar refractivity (Wildman–Crippen MR) is 106 cm³/mol. The van der Waals surface area contributed by atoms with Crippen molar-refractivity contribution in [3.8, 4) is 0 Å². The third kappa shape index (κ3) is 8.08. The van der Waals surface area contributed by atoms with Gasteiger partial charge in [0.05, 0.1) is 19.4 Å². The van der Waals surface area contributed by atoms with E-state index in [0.29, 0.717) is 18.4 Å². The van der Waals surface area contributed by atoms with Gasteiger partial charge in [-0.2, -0.15) is 0 Å². The minimum Gasteiger partial charge on any atom is -0.368 e. The monoisotopic (exact) mass is 396 g/mol. The maximum atomic E-state index is 12.6. The summed E-state index contributed by atoms with van der Waals surface area (Å²) in [5.74, 6) is -0.958. The lowest BCUT2D eigenvalue weighted by Crippen LogP contribution is -2.44. The maximum absolute atomic E-state index is 12.6. The first-order valence-electron chi connectivity index (χ1n) is 9.03. The highest BCUT2D eigenvalue weighted by molar-refractivity contribution is 7.53. The molecule has 1 atom stereocenters. The van der Waals surface area contributed by atoms with Gasteiger partial charge >= 0.3 is 7.60 Å². The summed E-state index contributed by atoms with van der Waals surface area (Å²) < 4.78 is 23.1. The second-order valence-electron chi connectivity index (χ2n) is 5.95. The molecule has 0 aromatic heterocycles. The zero-order valence-corrected chi connectivity index (χ0v) is 16.9. The van der Waals surface area contributed by atoms with Gasteiger partial charge in [-0.05, 0) is 50.8 Å². The number of primary amides is 1. The van der Waals surface area contributed by atoms with E-state index in [4.69, 9.17) is 14.8 Å². The van der Waals surface area contributed by atoms with Crippen LogP contribution in [0.2, 0.25) is 0 Å². The summed E-state index contributed by atoms with van der Waals surface area (Å²) in [5, 5.41) is 2.65. The van der Waals surface area contributed by atoms with Crippen LogP contribution in [0.3, 0.4) is 0 Å². The number of carbonyl (C=O) groups excluding carboxylic acids is 2. The van der Waals surface area contributed by atoms with Gasteiger partial charge < -0.3 is 20.1 Å². The largest absolute Gasteiger partial charge is 0.368 e. The number of nitrogens with two attached hydrogens (primary N) is 1. The zero-order chi connectivity index (χ0) is 20.3. The van der Waals surface area contributed by atoms with Crippen molar-refractivity contribution in [1.29, 1.82) is 0 Å². The molecular formula is C19H29N2O5P. The fourth-order valence-corrected chi connectivity index (χ4v) is 4.20. The van der Waals surface area contributed by atoms with Crippen molar-refractivity contribution in [2.75, 3.05) is 13.2 Å². The fraction of sp³-hybridized carbons (Fsp3) is 0.474. The van der Waals surface area contributed by atoms with Crippen molar-refractivity contribution in [3.63, 3.8) is 0 Å². The highest BCUT2D eigenvalue weighted by Gasteiger charge is 2.24. The van der Waals surface area contributed by atoms with E-state index in [1.807, 2.05) is 0 Å². The summed E-state index contributed by atoms with van der Waals surface area (Å²) in [6.45, 7) is 7.71. The smallest absolute Gasteiger partial charge is 0.335 e. The average molecular weight is 396 g/mol. The van der Waals surface area contributed by atoms with Crippen molar-refractivity contribution in [3.05, 3.63) is 48.0 Å². The summed E-state index contributed by atoms with van der Waals surface area (Å²) in [4.78, 5) is 23.9. The Morgan fingerprint density at radius 2 is 1.81 bits per heavy atom. The molecule has 0 aliphatic rings. The number of amides is 2. The molecule has 0 aliphatic carbocycles. The molecule has 1 rings (SSSR count). The van der Waals surface area contributed by atoms with Gasteiger partial charge in [0, 0.05) is 5.56 Å². The minimum absolute atomic E-state index is 0.127. The van der Waals surface area contributed by atoms with Crippen LogP contribution in [-0.2, 0) is 24.6 Å². The van der Waals surface area contributed by atoms with Crippen molar-refractivity contribution >= 4 is 19.4 Å². The molecule has 1 aromatic carbocycles. The van der Waals surface area contributed by atoms with E-state index in [2.05, 4.69) is 11.9 Å². The Morgan fingerprint density at radius 3 is 2.30 bits per heavy atom. The molecule has 3 N–H and O–H groups in total. The normalized spacial score (nSPS) is 12.4. The SMILES string of the molecule is C=CCCC[C@@H](NC(=O)c1ccc(CP(=O)(OCC)OCC)cc1)C(N)=O. The Balaban J connectivity index is 2.76. The minimum atomic E-state index is -3.20. The second kappa shape index (κ2) is 11.7. The molecule has 0 saturated carbocycles. The third-order valence-electron chi connectivity index (χ3n) is 3.79. The van der Waals surface area contributed by atoms with Crippen molar-refractivity contribution in [2.45, 2.75) is 45.3 Å². The van der Waals surface area contributed by atoms with E-state index >= 15 is 0 Å². The van der Waals surface area contributed by atoms with Crippen LogP contribution in [0.25, 0.3) is 0 Å². The average Bonchev–Trinajstić information content (AvgIpc) is 2.61. The Labute approximate surface area is 160 Å². The summed E-state index contributed by atoms with van der Waals surface area (Å²) >= 11 is 0. The summed E-state index contributed by atoms with van der Waals surface area (Å²) in [6.07, 6.45) is 3.79. The zero-order valence-electron chi connectivity index (χ0n) is 16.0. The quantitative estimate of drug-likeness (QED) is 0.302. The number of nitrogens with one attached hydrogen (secondary N) is 1. The molecule has 0 saturated heterocycles. The summed E-state index contributed by atoms with van der Waals surface area (Å²) in [5.41, 5.74) is 6.47. The molecular weight excluding hydrogens is 367 g/mol. The predicted octanol–water partition coefficient (Wildman–Crippen LogP) is 3.39. The standard InChI is InChI=1S/C19H29N2O5P/c1-4-7-8-9-17(18(20)22)21-19(23)16-12-10-15(11-13-16)14-27(24,25-5-2)26-6-3/h4,10-13,17H,1,5-9,14H2,2-3H3,(H2,20,22)(H,21,23)/t17-/m1/s1. The van der Waals surface area contributed by atoms with E-state index in [-0.39, 0.29) is 25.3 Å². The molecule has 8 heteroatoms. The highest BCUT2D eigenvalue weighted by atomic mass is 31.2.